The number of hydrogen-bond donors (Lipinski definition) is 4. The molecule has 0 aliphatic carbocycles. The Kier molecular flexibility index (Phi) is 9.20. The standard InChI is InChI=1S/2C14H17N3O3S.2H2/c2*18-14-12-3-1-4-13(11(12)5-7-16-14)21(19,20)17-9-2-6-15-8-10-17;;/h2*1,3-5,7,15H,2,6,8-10H2,(H,16,18);2*1H. The van der Waals surface area contributed by atoms with Crippen LogP contribution in [0.1, 0.15) is 15.7 Å². The van der Waals surface area contributed by atoms with Gasteiger partial charge in [-0.25, -0.2) is 16.8 Å². The van der Waals surface area contributed by atoms with E-state index in [9.17, 15) is 26.4 Å². The molecule has 2 aliphatic heterocycles. The number of aromatic amines is 2. The molecule has 14 heteroatoms. The van der Waals surface area contributed by atoms with Crippen LogP contribution in [-0.2, 0) is 20.0 Å². The van der Waals surface area contributed by atoms with Gasteiger partial charge in [-0.05, 0) is 62.3 Å². The first-order chi connectivity index (χ1) is 20.2. The van der Waals surface area contributed by atoms with Gasteiger partial charge in [-0.3, -0.25) is 9.59 Å². The number of nitrogens with zero attached hydrogens (tertiary/aromatic N) is 2. The molecule has 12 nitrogen and oxygen atoms in total. The number of nitrogens with one attached hydrogen (secondary N) is 4. The molecule has 4 N–H and O–H groups in total. The highest BCUT2D eigenvalue weighted by atomic mass is 32.2. The molecule has 0 bridgehead atoms. The maximum atomic E-state index is 12.9. The van der Waals surface area contributed by atoms with E-state index in [2.05, 4.69) is 20.6 Å². The lowest BCUT2D eigenvalue weighted by molar-refractivity contribution is 0.432. The summed E-state index contributed by atoms with van der Waals surface area (Å²) < 4.78 is 54.4. The van der Waals surface area contributed by atoms with Crippen molar-refractivity contribution >= 4 is 41.6 Å². The van der Waals surface area contributed by atoms with Gasteiger partial charge in [-0.1, -0.05) is 12.1 Å². The number of hydrogen-bond acceptors (Lipinski definition) is 8. The van der Waals surface area contributed by atoms with E-state index >= 15 is 0 Å². The molecule has 0 radical (unpaired) electrons. The summed E-state index contributed by atoms with van der Waals surface area (Å²) in [6.07, 6.45) is 4.52. The third-order valence-electron chi connectivity index (χ3n) is 7.38. The summed E-state index contributed by atoms with van der Waals surface area (Å²) in [7, 11) is -7.18. The van der Waals surface area contributed by atoms with Crippen LogP contribution in [0.3, 0.4) is 0 Å². The highest BCUT2D eigenvalue weighted by Crippen LogP contribution is 2.25. The second-order valence-electron chi connectivity index (χ2n) is 10.1. The van der Waals surface area contributed by atoms with Crippen molar-refractivity contribution in [3.63, 3.8) is 0 Å². The van der Waals surface area contributed by atoms with Crippen LogP contribution in [-0.4, -0.2) is 87.8 Å². The third-order valence-corrected chi connectivity index (χ3v) is 11.3. The number of H-pyrrole nitrogens is 2. The van der Waals surface area contributed by atoms with Gasteiger partial charge >= 0.3 is 0 Å². The lowest BCUT2D eigenvalue weighted by Gasteiger charge is -2.20. The summed E-state index contributed by atoms with van der Waals surface area (Å²) >= 11 is 0. The van der Waals surface area contributed by atoms with E-state index in [-0.39, 0.29) is 23.8 Å². The fourth-order valence-electron chi connectivity index (χ4n) is 5.24. The molecule has 2 aromatic carbocycles. The van der Waals surface area contributed by atoms with E-state index in [0.29, 0.717) is 60.8 Å². The molecule has 0 atom stereocenters. The monoisotopic (exact) mass is 618 g/mol. The lowest BCUT2D eigenvalue weighted by Crippen LogP contribution is -2.34. The summed E-state index contributed by atoms with van der Waals surface area (Å²) in [5.74, 6) is 0. The SMILES string of the molecule is O=c1[nH]ccc2c(S(=O)(=O)N3CCCNCC3)cccc12.O=c1[nH]ccc2c(S(=O)(=O)N3CCCNCC3)cccc12.[HH].[HH]. The number of aromatic nitrogens is 2. The van der Waals surface area contributed by atoms with E-state index in [1.165, 1.54) is 21.0 Å². The maximum Gasteiger partial charge on any atom is 0.255 e. The fraction of sp³-hybridized carbons (Fsp3) is 0.357. The topological polar surface area (TPSA) is 165 Å². The van der Waals surface area contributed by atoms with Crippen molar-refractivity contribution in [2.24, 2.45) is 0 Å². The molecule has 0 unspecified atom stereocenters. The van der Waals surface area contributed by atoms with Crippen molar-refractivity contribution in [1.29, 1.82) is 0 Å². The van der Waals surface area contributed by atoms with Crippen LogP contribution in [0.5, 0.6) is 0 Å². The van der Waals surface area contributed by atoms with Crippen LogP contribution in [0, 0.1) is 0 Å². The molecule has 42 heavy (non-hydrogen) atoms. The molecule has 6 rings (SSSR count). The zero-order chi connectivity index (χ0) is 29.7. The minimum atomic E-state index is -3.59. The predicted molar refractivity (Wildman–Crippen MR) is 166 cm³/mol. The number of sulfonamides is 2. The zero-order valence-electron chi connectivity index (χ0n) is 23.0. The van der Waals surface area contributed by atoms with Crippen LogP contribution in [0.2, 0.25) is 0 Å². The van der Waals surface area contributed by atoms with Gasteiger partial charge in [0, 0.05) is 76.1 Å². The first-order valence-corrected chi connectivity index (χ1v) is 16.7. The number of pyridine rings is 2. The summed E-state index contributed by atoms with van der Waals surface area (Å²) in [4.78, 5) is 29.2. The minimum absolute atomic E-state index is 0. The molecular formula is C28H38N6O6S2. The van der Waals surface area contributed by atoms with Crippen LogP contribution >= 0.6 is 0 Å². The van der Waals surface area contributed by atoms with E-state index in [0.717, 1.165) is 25.9 Å². The summed E-state index contributed by atoms with van der Waals surface area (Å²) in [5.41, 5.74) is -0.552. The second kappa shape index (κ2) is 12.9. The zero-order valence-corrected chi connectivity index (χ0v) is 24.6. The van der Waals surface area contributed by atoms with Crippen LogP contribution in [0.4, 0.5) is 0 Å². The average molecular weight is 619 g/mol. The predicted octanol–water partition coefficient (Wildman–Crippen LogP) is 1.52. The Bertz CT molecular complexity index is 1760. The van der Waals surface area contributed by atoms with Crippen molar-refractivity contribution in [3.8, 4) is 0 Å². The van der Waals surface area contributed by atoms with Crippen molar-refractivity contribution in [1.82, 2.24) is 29.2 Å². The van der Waals surface area contributed by atoms with Crippen LogP contribution in [0.15, 0.2) is 80.3 Å². The first kappa shape index (κ1) is 30.1. The quantitative estimate of drug-likeness (QED) is 0.267. The summed E-state index contributed by atoms with van der Waals surface area (Å²) in [5, 5.41) is 8.10. The molecule has 0 amide bonds. The minimum Gasteiger partial charge on any atom is -0.329 e. The summed E-state index contributed by atoms with van der Waals surface area (Å²) in [6.45, 7) is 4.81. The van der Waals surface area contributed by atoms with Gasteiger partial charge in [0.05, 0.1) is 9.79 Å². The van der Waals surface area contributed by atoms with Crippen LogP contribution < -0.4 is 21.8 Å². The van der Waals surface area contributed by atoms with Gasteiger partial charge in [0.2, 0.25) is 20.0 Å². The van der Waals surface area contributed by atoms with Crippen molar-refractivity contribution in [2.75, 3.05) is 52.4 Å². The summed E-state index contributed by atoms with van der Waals surface area (Å²) in [6, 6.07) is 12.9. The molecule has 4 aromatic rings. The van der Waals surface area contributed by atoms with E-state index < -0.39 is 20.0 Å². The molecular weight excluding hydrogens is 580 g/mol. The molecule has 228 valence electrons. The molecule has 2 aliphatic rings. The van der Waals surface area contributed by atoms with Gasteiger partial charge < -0.3 is 20.6 Å². The van der Waals surface area contributed by atoms with Gasteiger partial charge in [-0.2, -0.15) is 8.61 Å². The molecule has 2 saturated heterocycles. The Hall–Kier alpha value is -3.40. The average Bonchev–Trinajstić information content (AvgIpc) is 3.44. The van der Waals surface area contributed by atoms with Gasteiger partial charge in [0.15, 0.2) is 0 Å². The Morgan fingerprint density at radius 1 is 0.548 bits per heavy atom. The first-order valence-electron chi connectivity index (χ1n) is 13.8. The normalized spacial score (nSPS) is 17.7. The Morgan fingerprint density at radius 2 is 0.976 bits per heavy atom. The smallest absolute Gasteiger partial charge is 0.255 e. The Labute approximate surface area is 246 Å². The lowest BCUT2D eigenvalue weighted by atomic mass is 10.2. The van der Waals surface area contributed by atoms with Crippen LogP contribution in [0.25, 0.3) is 21.5 Å². The number of rotatable bonds is 4. The largest absolute Gasteiger partial charge is 0.329 e. The van der Waals surface area contributed by atoms with Gasteiger partial charge in [0.1, 0.15) is 0 Å². The molecule has 2 fully saturated rings. The highest BCUT2D eigenvalue weighted by Gasteiger charge is 2.28. The van der Waals surface area contributed by atoms with Crippen molar-refractivity contribution < 1.29 is 19.7 Å². The molecule has 0 spiro atoms. The molecule has 4 heterocycles. The molecule has 0 saturated carbocycles. The Morgan fingerprint density at radius 3 is 1.40 bits per heavy atom. The fourth-order valence-corrected chi connectivity index (χ4v) is 8.61. The molecule has 2 aromatic heterocycles. The van der Waals surface area contributed by atoms with E-state index in [1.54, 1.807) is 48.5 Å². The third kappa shape index (κ3) is 6.19. The van der Waals surface area contributed by atoms with Gasteiger partial charge in [-0.15, -0.1) is 0 Å². The number of benzene rings is 2. The second-order valence-corrected chi connectivity index (χ2v) is 13.9. The highest BCUT2D eigenvalue weighted by molar-refractivity contribution is 7.89. The van der Waals surface area contributed by atoms with Gasteiger partial charge in [0.25, 0.3) is 11.1 Å². The van der Waals surface area contributed by atoms with Crippen molar-refractivity contribution in [2.45, 2.75) is 22.6 Å². The van der Waals surface area contributed by atoms with E-state index in [4.69, 9.17) is 0 Å². The van der Waals surface area contributed by atoms with Crippen molar-refractivity contribution in [3.05, 3.63) is 81.6 Å². The van der Waals surface area contributed by atoms with E-state index in [1.807, 2.05) is 0 Å². The Balaban J connectivity index is 0.000000230. The maximum absolute atomic E-state index is 12.9. The number of fused-ring (bicyclic) bond motifs is 2.